The first-order valence-electron chi connectivity index (χ1n) is 5.34. The van der Waals surface area contributed by atoms with Crippen LogP contribution < -0.4 is 10.5 Å². The van der Waals surface area contributed by atoms with Crippen molar-refractivity contribution in [2.24, 2.45) is 5.73 Å². The maximum atomic E-state index is 11.0. The topological polar surface area (TPSA) is 133 Å². The van der Waals surface area contributed by atoms with Crippen molar-refractivity contribution in [3.63, 3.8) is 0 Å². The van der Waals surface area contributed by atoms with Crippen LogP contribution in [0.2, 0.25) is 0 Å². The summed E-state index contributed by atoms with van der Waals surface area (Å²) in [5.41, 5.74) is 4.02. The average molecular weight is 268 g/mol. The molecule has 1 aromatic rings. The highest BCUT2D eigenvalue weighted by molar-refractivity contribution is 5.92. The Morgan fingerprint density at radius 2 is 2.16 bits per heavy atom. The smallest absolute Gasteiger partial charge is 0.342 e. The molecule has 0 spiro atoms. The van der Waals surface area contributed by atoms with Crippen molar-refractivity contribution in [1.82, 2.24) is 0 Å². The van der Waals surface area contributed by atoms with Crippen LogP contribution in [0.25, 0.3) is 0 Å². The Morgan fingerprint density at radius 1 is 1.53 bits per heavy atom. The summed E-state index contributed by atoms with van der Waals surface area (Å²) in [7, 11) is 0. The average Bonchev–Trinajstić information content (AvgIpc) is 2.34. The van der Waals surface area contributed by atoms with Gasteiger partial charge in [-0.3, -0.25) is 14.9 Å². The summed E-state index contributed by atoms with van der Waals surface area (Å²) in [5.74, 6) is -2.12. The van der Waals surface area contributed by atoms with E-state index in [0.29, 0.717) is 6.42 Å². The lowest BCUT2D eigenvalue weighted by atomic mass is 10.1. The lowest BCUT2D eigenvalue weighted by Gasteiger charge is -2.14. The van der Waals surface area contributed by atoms with Gasteiger partial charge >= 0.3 is 5.97 Å². The second kappa shape index (κ2) is 5.80. The summed E-state index contributed by atoms with van der Waals surface area (Å²) in [4.78, 5) is 31.8. The Bertz CT molecular complexity index is 528. The number of primary amides is 1. The van der Waals surface area contributed by atoms with Crippen LogP contribution in [-0.4, -0.2) is 28.0 Å². The van der Waals surface area contributed by atoms with Gasteiger partial charge in [0.25, 0.3) is 11.6 Å². The molecule has 1 amide bonds. The summed E-state index contributed by atoms with van der Waals surface area (Å²) in [6, 6.07) is 3.22. The molecule has 102 valence electrons. The van der Waals surface area contributed by atoms with Gasteiger partial charge in [-0.25, -0.2) is 4.79 Å². The number of hydrogen-bond donors (Lipinski definition) is 2. The molecule has 8 heteroatoms. The minimum Gasteiger partial charge on any atom is -0.481 e. The van der Waals surface area contributed by atoms with E-state index >= 15 is 0 Å². The molecule has 8 nitrogen and oxygen atoms in total. The van der Waals surface area contributed by atoms with Crippen LogP contribution >= 0.6 is 0 Å². The Labute approximate surface area is 107 Å². The number of ether oxygens (including phenoxy) is 1. The SMILES string of the molecule is CCC(Oc1ccc([N+](=O)[O-])c(C(=O)O)c1)C(N)=O. The van der Waals surface area contributed by atoms with Crippen molar-refractivity contribution in [2.75, 3.05) is 0 Å². The Hall–Kier alpha value is -2.64. The standard InChI is InChI=1S/C11H12N2O6/c1-2-9(10(12)14)19-6-3-4-8(13(17)18)7(5-6)11(15)16/h3-5,9H,2H2,1H3,(H2,12,14)(H,15,16). The number of amides is 1. The minimum absolute atomic E-state index is 0.0358. The number of carbonyl (C=O) groups excluding carboxylic acids is 1. The highest BCUT2D eigenvalue weighted by Crippen LogP contribution is 2.25. The van der Waals surface area contributed by atoms with Gasteiger partial charge in [0.05, 0.1) is 4.92 Å². The normalized spacial score (nSPS) is 11.6. The quantitative estimate of drug-likeness (QED) is 0.582. The van der Waals surface area contributed by atoms with Crippen LogP contribution in [0, 0.1) is 10.1 Å². The number of carboxylic acid groups (broad SMARTS) is 1. The number of carbonyl (C=O) groups is 2. The first-order chi connectivity index (χ1) is 8.86. The van der Waals surface area contributed by atoms with E-state index in [0.717, 1.165) is 12.1 Å². The van der Waals surface area contributed by atoms with Gasteiger partial charge in [0.15, 0.2) is 6.10 Å². The van der Waals surface area contributed by atoms with Gasteiger partial charge < -0.3 is 15.6 Å². The van der Waals surface area contributed by atoms with Crippen molar-refractivity contribution in [3.8, 4) is 5.75 Å². The van der Waals surface area contributed by atoms with Crippen molar-refractivity contribution in [2.45, 2.75) is 19.4 Å². The van der Waals surface area contributed by atoms with Gasteiger partial charge in [-0.2, -0.15) is 0 Å². The second-order valence-electron chi connectivity index (χ2n) is 3.66. The number of nitrogens with two attached hydrogens (primary N) is 1. The monoisotopic (exact) mass is 268 g/mol. The molecule has 0 radical (unpaired) electrons. The largest absolute Gasteiger partial charge is 0.481 e. The number of carboxylic acids is 1. The van der Waals surface area contributed by atoms with E-state index in [-0.39, 0.29) is 5.75 Å². The third kappa shape index (κ3) is 3.41. The summed E-state index contributed by atoms with van der Waals surface area (Å²) in [6.07, 6.45) is -0.613. The molecule has 0 aliphatic heterocycles. The fourth-order valence-electron chi connectivity index (χ4n) is 1.43. The molecule has 0 fully saturated rings. The fourth-order valence-corrected chi connectivity index (χ4v) is 1.43. The summed E-state index contributed by atoms with van der Waals surface area (Å²) in [6.45, 7) is 1.67. The zero-order chi connectivity index (χ0) is 14.6. The number of nitro groups is 1. The minimum atomic E-state index is -1.45. The molecule has 0 aliphatic rings. The van der Waals surface area contributed by atoms with Crippen LogP contribution in [-0.2, 0) is 4.79 Å². The first-order valence-corrected chi connectivity index (χ1v) is 5.34. The number of nitro benzene ring substituents is 1. The molecule has 19 heavy (non-hydrogen) atoms. The first kappa shape index (κ1) is 14.4. The lowest BCUT2D eigenvalue weighted by molar-refractivity contribution is -0.385. The molecule has 0 aromatic heterocycles. The molecule has 0 saturated heterocycles. The van der Waals surface area contributed by atoms with Crippen molar-refractivity contribution >= 4 is 17.6 Å². The number of rotatable bonds is 6. The second-order valence-corrected chi connectivity index (χ2v) is 3.66. The van der Waals surface area contributed by atoms with Crippen LogP contribution in [0.15, 0.2) is 18.2 Å². The van der Waals surface area contributed by atoms with E-state index in [4.69, 9.17) is 15.6 Å². The van der Waals surface area contributed by atoms with Gasteiger partial charge in [0, 0.05) is 12.1 Å². The van der Waals surface area contributed by atoms with E-state index in [1.165, 1.54) is 6.07 Å². The number of aromatic carboxylic acids is 1. The third-order valence-electron chi connectivity index (χ3n) is 2.36. The highest BCUT2D eigenvalue weighted by atomic mass is 16.6. The van der Waals surface area contributed by atoms with Crippen LogP contribution in [0.3, 0.4) is 0 Å². The molecular formula is C11H12N2O6. The van der Waals surface area contributed by atoms with Crippen LogP contribution in [0.4, 0.5) is 5.69 Å². The Balaban J connectivity index is 3.12. The molecule has 0 saturated carbocycles. The van der Waals surface area contributed by atoms with E-state index in [9.17, 15) is 19.7 Å². The van der Waals surface area contributed by atoms with E-state index < -0.39 is 34.2 Å². The molecular weight excluding hydrogens is 256 g/mol. The lowest BCUT2D eigenvalue weighted by Crippen LogP contribution is -2.33. The molecule has 1 aromatic carbocycles. The molecule has 1 atom stereocenters. The van der Waals surface area contributed by atoms with Gasteiger partial charge in [-0.05, 0) is 12.5 Å². The third-order valence-corrected chi connectivity index (χ3v) is 2.36. The molecule has 3 N–H and O–H groups in total. The highest BCUT2D eigenvalue weighted by Gasteiger charge is 2.22. The Morgan fingerprint density at radius 3 is 2.58 bits per heavy atom. The maximum Gasteiger partial charge on any atom is 0.342 e. The van der Waals surface area contributed by atoms with Gasteiger partial charge in [0.1, 0.15) is 11.3 Å². The molecule has 0 heterocycles. The summed E-state index contributed by atoms with van der Waals surface area (Å²) >= 11 is 0. The van der Waals surface area contributed by atoms with E-state index in [1.807, 2.05) is 0 Å². The van der Waals surface area contributed by atoms with Gasteiger partial charge in [-0.15, -0.1) is 0 Å². The van der Waals surface area contributed by atoms with Crippen LogP contribution in [0.5, 0.6) is 5.75 Å². The number of benzene rings is 1. The molecule has 1 unspecified atom stereocenters. The fraction of sp³-hybridized carbons (Fsp3) is 0.273. The Kier molecular flexibility index (Phi) is 4.41. The number of nitrogens with zero attached hydrogens (tertiary/aromatic N) is 1. The molecule has 0 aliphatic carbocycles. The molecule has 0 bridgehead atoms. The van der Waals surface area contributed by atoms with Gasteiger partial charge in [-0.1, -0.05) is 6.92 Å². The summed E-state index contributed by atoms with van der Waals surface area (Å²) < 4.78 is 5.19. The number of hydrogen-bond acceptors (Lipinski definition) is 5. The molecule has 1 rings (SSSR count). The van der Waals surface area contributed by atoms with E-state index in [2.05, 4.69) is 0 Å². The van der Waals surface area contributed by atoms with Crippen molar-refractivity contribution in [1.29, 1.82) is 0 Å². The van der Waals surface area contributed by atoms with Crippen molar-refractivity contribution in [3.05, 3.63) is 33.9 Å². The maximum absolute atomic E-state index is 11.0. The summed E-state index contributed by atoms with van der Waals surface area (Å²) in [5, 5.41) is 19.5. The predicted molar refractivity (Wildman–Crippen MR) is 64.0 cm³/mol. The van der Waals surface area contributed by atoms with E-state index in [1.54, 1.807) is 6.92 Å². The zero-order valence-corrected chi connectivity index (χ0v) is 10.0. The van der Waals surface area contributed by atoms with Crippen LogP contribution in [0.1, 0.15) is 23.7 Å². The van der Waals surface area contributed by atoms with Gasteiger partial charge in [0.2, 0.25) is 0 Å². The predicted octanol–water partition coefficient (Wildman–Crippen LogP) is 0.936. The van der Waals surface area contributed by atoms with Crippen molar-refractivity contribution < 1.29 is 24.4 Å². The zero-order valence-electron chi connectivity index (χ0n) is 10.0.